The minimum absolute atomic E-state index is 0.0498. The van der Waals surface area contributed by atoms with Gasteiger partial charge in [0.05, 0.1) is 12.2 Å². The van der Waals surface area contributed by atoms with Crippen molar-refractivity contribution in [3.05, 3.63) is 71.0 Å². The first-order valence-corrected chi connectivity index (χ1v) is 10.9. The van der Waals surface area contributed by atoms with Crippen LogP contribution in [0.5, 0.6) is 0 Å². The minimum Gasteiger partial charge on any atom is -0.372 e. The summed E-state index contributed by atoms with van der Waals surface area (Å²) in [6, 6.07) is 13.4. The van der Waals surface area contributed by atoms with Gasteiger partial charge < -0.3 is 15.0 Å². The highest BCUT2D eigenvalue weighted by Crippen LogP contribution is 2.21. The Labute approximate surface area is 188 Å². The summed E-state index contributed by atoms with van der Waals surface area (Å²) in [7, 11) is 0. The molecule has 0 saturated carbocycles. The van der Waals surface area contributed by atoms with E-state index in [-0.39, 0.29) is 18.1 Å². The fourth-order valence-electron chi connectivity index (χ4n) is 3.89. The van der Waals surface area contributed by atoms with E-state index in [4.69, 9.17) is 4.74 Å². The molecule has 2 unspecified atom stereocenters. The number of aryl methyl sites for hydroxylation is 1. The van der Waals surface area contributed by atoms with Gasteiger partial charge in [-0.25, -0.2) is 9.97 Å². The number of morpholine rings is 1. The van der Waals surface area contributed by atoms with E-state index in [1.807, 2.05) is 75.1 Å². The SMILES string of the molecule is Cc1nc(-c2ccccn2)nc(NCc2ccc(C(=O)N3CC(C)OC(C)C3)cc2)c1C. The van der Waals surface area contributed by atoms with Crippen LogP contribution < -0.4 is 5.32 Å². The molecule has 2 aromatic heterocycles. The summed E-state index contributed by atoms with van der Waals surface area (Å²) in [5.74, 6) is 1.44. The zero-order valence-electron chi connectivity index (χ0n) is 19.0. The molecule has 3 heterocycles. The predicted octanol–water partition coefficient (Wildman–Crippen LogP) is 4.02. The Kier molecular flexibility index (Phi) is 6.46. The normalized spacial score (nSPS) is 18.4. The fraction of sp³-hybridized carbons (Fsp3) is 0.360. The standard InChI is InChI=1S/C25H29N5O2/c1-16-14-30(15-17(2)32-16)25(31)21-10-8-20(9-11-21)13-27-23-18(3)19(4)28-24(29-23)22-7-5-6-12-26-22/h5-12,16-17H,13-15H2,1-4H3,(H,27,28,29). The van der Waals surface area contributed by atoms with E-state index in [1.54, 1.807) is 6.20 Å². The zero-order chi connectivity index (χ0) is 22.7. The van der Waals surface area contributed by atoms with Gasteiger partial charge in [0.2, 0.25) is 0 Å². The molecule has 1 aromatic carbocycles. The van der Waals surface area contributed by atoms with Crippen LogP contribution in [0.1, 0.15) is 41.0 Å². The molecule has 0 bridgehead atoms. The third kappa shape index (κ3) is 4.94. The van der Waals surface area contributed by atoms with E-state index >= 15 is 0 Å². The van der Waals surface area contributed by atoms with Crippen molar-refractivity contribution in [3.8, 4) is 11.5 Å². The predicted molar refractivity (Wildman–Crippen MR) is 124 cm³/mol. The van der Waals surface area contributed by atoms with Gasteiger partial charge in [-0.15, -0.1) is 0 Å². The van der Waals surface area contributed by atoms with E-state index in [9.17, 15) is 4.79 Å². The molecule has 0 aliphatic carbocycles. The Balaban J connectivity index is 1.44. The molecule has 2 atom stereocenters. The van der Waals surface area contributed by atoms with Gasteiger partial charge in [-0.1, -0.05) is 18.2 Å². The van der Waals surface area contributed by atoms with E-state index in [2.05, 4.69) is 20.3 Å². The average molecular weight is 432 g/mol. The number of nitrogens with one attached hydrogen (secondary N) is 1. The van der Waals surface area contributed by atoms with E-state index < -0.39 is 0 Å². The van der Waals surface area contributed by atoms with Crippen molar-refractivity contribution in [2.45, 2.75) is 46.4 Å². The van der Waals surface area contributed by atoms with Gasteiger partial charge in [-0.2, -0.15) is 0 Å². The molecule has 3 aromatic rings. The Morgan fingerprint density at radius 1 is 1.06 bits per heavy atom. The van der Waals surface area contributed by atoms with Crippen molar-refractivity contribution in [2.75, 3.05) is 18.4 Å². The van der Waals surface area contributed by atoms with E-state index in [0.717, 1.165) is 28.3 Å². The quantitative estimate of drug-likeness (QED) is 0.657. The lowest BCUT2D eigenvalue weighted by Gasteiger charge is -2.35. The second kappa shape index (κ2) is 9.44. The summed E-state index contributed by atoms with van der Waals surface area (Å²) in [5, 5.41) is 3.41. The lowest BCUT2D eigenvalue weighted by atomic mass is 10.1. The van der Waals surface area contributed by atoms with Gasteiger partial charge in [-0.05, 0) is 57.5 Å². The van der Waals surface area contributed by atoms with Gasteiger partial charge in [0, 0.05) is 42.7 Å². The molecule has 1 fully saturated rings. The highest BCUT2D eigenvalue weighted by Gasteiger charge is 2.26. The second-order valence-corrected chi connectivity index (χ2v) is 8.34. The fourth-order valence-corrected chi connectivity index (χ4v) is 3.89. The number of aromatic nitrogens is 3. The van der Waals surface area contributed by atoms with Crippen molar-refractivity contribution < 1.29 is 9.53 Å². The third-order valence-corrected chi connectivity index (χ3v) is 5.65. The van der Waals surface area contributed by atoms with Crippen molar-refractivity contribution in [1.82, 2.24) is 19.9 Å². The lowest BCUT2D eigenvalue weighted by Crippen LogP contribution is -2.48. The summed E-state index contributed by atoms with van der Waals surface area (Å²) in [6.07, 6.45) is 1.85. The number of hydrogen-bond acceptors (Lipinski definition) is 6. The molecular weight excluding hydrogens is 402 g/mol. The molecule has 32 heavy (non-hydrogen) atoms. The van der Waals surface area contributed by atoms with Crippen LogP contribution in [0.4, 0.5) is 5.82 Å². The highest BCUT2D eigenvalue weighted by atomic mass is 16.5. The summed E-state index contributed by atoms with van der Waals surface area (Å²) in [4.78, 5) is 28.4. The Hall–Kier alpha value is -3.32. The van der Waals surface area contributed by atoms with Gasteiger partial charge in [0.1, 0.15) is 11.5 Å². The van der Waals surface area contributed by atoms with Crippen molar-refractivity contribution in [2.24, 2.45) is 0 Å². The summed E-state index contributed by atoms with van der Waals surface area (Å²) >= 11 is 0. The van der Waals surface area contributed by atoms with Crippen molar-refractivity contribution >= 4 is 11.7 Å². The number of nitrogens with zero attached hydrogens (tertiary/aromatic N) is 4. The molecule has 0 spiro atoms. The zero-order valence-corrected chi connectivity index (χ0v) is 19.0. The third-order valence-electron chi connectivity index (χ3n) is 5.65. The molecule has 4 rings (SSSR count). The Morgan fingerprint density at radius 2 is 1.78 bits per heavy atom. The van der Waals surface area contributed by atoms with Crippen molar-refractivity contribution in [3.63, 3.8) is 0 Å². The number of benzene rings is 1. The summed E-state index contributed by atoms with van der Waals surface area (Å²) < 4.78 is 5.73. The van der Waals surface area contributed by atoms with Gasteiger partial charge in [0.25, 0.3) is 5.91 Å². The van der Waals surface area contributed by atoms with Crippen LogP contribution in [0.2, 0.25) is 0 Å². The molecule has 1 saturated heterocycles. The van der Waals surface area contributed by atoms with Crippen LogP contribution >= 0.6 is 0 Å². The van der Waals surface area contributed by atoms with E-state index in [1.165, 1.54) is 0 Å². The number of rotatable bonds is 5. The second-order valence-electron chi connectivity index (χ2n) is 8.34. The highest BCUT2D eigenvalue weighted by molar-refractivity contribution is 5.94. The number of ether oxygens (including phenoxy) is 1. The molecule has 1 amide bonds. The molecule has 1 aliphatic heterocycles. The molecule has 7 heteroatoms. The molecule has 166 valence electrons. The molecule has 1 N–H and O–H groups in total. The summed E-state index contributed by atoms with van der Waals surface area (Å²) in [6.45, 7) is 9.82. The maximum atomic E-state index is 12.9. The van der Waals surface area contributed by atoms with Gasteiger partial charge >= 0.3 is 0 Å². The Morgan fingerprint density at radius 3 is 2.44 bits per heavy atom. The first-order chi connectivity index (χ1) is 15.4. The monoisotopic (exact) mass is 431 g/mol. The average Bonchev–Trinajstić information content (AvgIpc) is 2.79. The number of carbonyl (C=O) groups excluding carboxylic acids is 1. The van der Waals surface area contributed by atoms with Crippen molar-refractivity contribution in [1.29, 1.82) is 0 Å². The van der Waals surface area contributed by atoms with E-state index in [0.29, 0.717) is 31.0 Å². The lowest BCUT2D eigenvalue weighted by molar-refractivity contribution is -0.0586. The minimum atomic E-state index is 0.0498. The first kappa shape index (κ1) is 21.9. The maximum Gasteiger partial charge on any atom is 0.254 e. The van der Waals surface area contributed by atoms with Crippen LogP contribution in [0.3, 0.4) is 0 Å². The van der Waals surface area contributed by atoms with Crippen LogP contribution in [-0.4, -0.2) is 51.1 Å². The molecule has 1 aliphatic rings. The maximum absolute atomic E-state index is 12.9. The van der Waals surface area contributed by atoms with Crippen LogP contribution in [0.15, 0.2) is 48.7 Å². The van der Waals surface area contributed by atoms with Crippen LogP contribution in [0, 0.1) is 13.8 Å². The first-order valence-electron chi connectivity index (χ1n) is 10.9. The smallest absolute Gasteiger partial charge is 0.254 e. The molecule has 7 nitrogen and oxygen atoms in total. The Bertz CT molecular complexity index is 1080. The number of carbonyl (C=O) groups is 1. The van der Waals surface area contributed by atoms with Gasteiger partial charge in [0.15, 0.2) is 5.82 Å². The van der Waals surface area contributed by atoms with Gasteiger partial charge in [-0.3, -0.25) is 9.78 Å². The molecular formula is C25H29N5O2. The molecule has 0 radical (unpaired) electrons. The number of anilines is 1. The topological polar surface area (TPSA) is 80.2 Å². The number of hydrogen-bond donors (Lipinski definition) is 1. The van der Waals surface area contributed by atoms with Crippen LogP contribution in [-0.2, 0) is 11.3 Å². The van der Waals surface area contributed by atoms with Crippen LogP contribution in [0.25, 0.3) is 11.5 Å². The number of pyridine rings is 1. The summed E-state index contributed by atoms with van der Waals surface area (Å²) in [5.41, 5.74) is 4.43. The largest absolute Gasteiger partial charge is 0.372 e. The number of amides is 1.